The Balaban J connectivity index is 1.45. The van der Waals surface area contributed by atoms with E-state index in [0.29, 0.717) is 11.5 Å². The fourth-order valence-electron chi connectivity index (χ4n) is 4.41. The molecule has 1 heterocycles. The lowest BCUT2D eigenvalue weighted by Crippen LogP contribution is -2.34. The molecule has 7 heteroatoms. The summed E-state index contributed by atoms with van der Waals surface area (Å²) in [4.78, 5) is 0. The lowest BCUT2D eigenvalue weighted by atomic mass is 9.78. The van der Waals surface area contributed by atoms with Gasteiger partial charge < -0.3 is 14.2 Å². The zero-order chi connectivity index (χ0) is 21.1. The van der Waals surface area contributed by atoms with E-state index in [-0.39, 0.29) is 29.1 Å². The van der Waals surface area contributed by atoms with Gasteiger partial charge in [-0.2, -0.15) is 8.78 Å². The molecule has 4 rings (SSSR count). The summed E-state index contributed by atoms with van der Waals surface area (Å²) in [7, 11) is 0. The van der Waals surface area contributed by atoms with Gasteiger partial charge in [0.1, 0.15) is 17.4 Å². The molecule has 0 aromatic heterocycles. The van der Waals surface area contributed by atoms with E-state index in [9.17, 15) is 17.6 Å². The van der Waals surface area contributed by atoms with Gasteiger partial charge in [0, 0.05) is 5.92 Å². The number of benzene rings is 2. The summed E-state index contributed by atoms with van der Waals surface area (Å²) < 4.78 is 69.8. The van der Waals surface area contributed by atoms with Crippen molar-refractivity contribution < 1.29 is 31.8 Å². The molecular formula is C23H24F4O3. The highest BCUT2D eigenvalue weighted by atomic mass is 19.3. The number of halogens is 4. The highest BCUT2D eigenvalue weighted by Gasteiger charge is 2.31. The maximum Gasteiger partial charge on any atom is 0.387 e. The first-order valence-electron chi connectivity index (χ1n) is 10.3. The predicted octanol–water partition coefficient (Wildman–Crippen LogP) is 6.27. The number of alkyl halides is 2. The third-order valence-electron chi connectivity index (χ3n) is 5.91. The van der Waals surface area contributed by atoms with Gasteiger partial charge in [-0.1, -0.05) is 12.1 Å². The minimum absolute atomic E-state index is 0.0612. The van der Waals surface area contributed by atoms with Gasteiger partial charge in [0.15, 0.2) is 6.29 Å². The van der Waals surface area contributed by atoms with Crippen molar-refractivity contribution in [2.75, 3.05) is 13.2 Å². The Morgan fingerprint density at radius 1 is 0.867 bits per heavy atom. The number of hydrogen-bond donors (Lipinski definition) is 0. The molecule has 0 atom stereocenters. The van der Waals surface area contributed by atoms with Crippen LogP contribution in [0.5, 0.6) is 5.75 Å². The van der Waals surface area contributed by atoms with E-state index in [1.807, 2.05) is 0 Å². The molecule has 0 bridgehead atoms. The first-order chi connectivity index (χ1) is 14.5. The minimum Gasteiger partial charge on any atom is -0.435 e. The summed E-state index contributed by atoms with van der Waals surface area (Å²) in [5, 5.41) is 0. The van der Waals surface area contributed by atoms with Crippen LogP contribution in [-0.2, 0) is 9.47 Å². The molecule has 30 heavy (non-hydrogen) atoms. The maximum absolute atomic E-state index is 14.8. The van der Waals surface area contributed by atoms with E-state index in [1.54, 1.807) is 0 Å². The number of ether oxygens (including phenoxy) is 3. The average molecular weight is 424 g/mol. The second-order valence-electron chi connectivity index (χ2n) is 7.84. The molecule has 0 spiro atoms. The quantitative estimate of drug-likeness (QED) is 0.530. The first kappa shape index (κ1) is 21.1. The zero-order valence-corrected chi connectivity index (χ0v) is 16.5. The van der Waals surface area contributed by atoms with Crippen molar-refractivity contribution in [3.05, 3.63) is 53.6 Å². The van der Waals surface area contributed by atoms with Gasteiger partial charge in [-0.3, -0.25) is 0 Å². The van der Waals surface area contributed by atoms with Crippen LogP contribution in [0.2, 0.25) is 0 Å². The van der Waals surface area contributed by atoms with Gasteiger partial charge in [0.25, 0.3) is 0 Å². The molecule has 3 nitrogen and oxygen atoms in total. The second kappa shape index (κ2) is 9.35. The van der Waals surface area contributed by atoms with E-state index in [2.05, 4.69) is 4.74 Å². The lowest BCUT2D eigenvalue weighted by Gasteiger charge is -2.35. The van der Waals surface area contributed by atoms with E-state index in [1.165, 1.54) is 36.4 Å². The molecular weight excluding hydrogens is 400 g/mol. The topological polar surface area (TPSA) is 27.7 Å². The molecule has 2 fully saturated rings. The summed E-state index contributed by atoms with van der Waals surface area (Å²) >= 11 is 0. The Bertz CT molecular complexity index is 819. The van der Waals surface area contributed by atoms with Gasteiger partial charge in [0.2, 0.25) is 0 Å². The van der Waals surface area contributed by atoms with Crippen LogP contribution in [0.3, 0.4) is 0 Å². The van der Waals surface area contributed by atoms with Crippen LogP contribution in [0, 0.1) is 17.6 Å². The Labute approximate surface area is 172 Å². The summed E-state index contributed by atoms with van der Waals surface area (Å²) in [6.07, 6.45) is 4.20. The van der Waals surface area contributed by atoms with Crippen LogP contribution in [0.1, 0.15) is 43.6 Å². The normalized spacial score (nSPS) is 23.0. The van der Waals surface area contributed by atoms with E-state index in [0.717, 1.165) is 45.3 Å². The van der Waals surface area contributed by atoms with Crippen LogP contribution >= 0.6 is 0 Å². The minimum atomic E-state index is -2.95. The molecule has 162 valence electrons. The van der Waals surface area contributed by atoms with E-state index < -0.39 is 18.2 Å². The largest absolute Gasteiger partial charge is 0.435 e. The molecule has 2 aromatic rings. The van der Waals surface area contributed by atoms with Crippen molar-refractivity contribution in [2.45, 2.75) is 50.9 Å². The van der Waals surface area contributed by atoms with Crippen LogP contribution in [0.25, 0.3) is 11.1 Å². The molecule has 1 saturated carbocycles. The Morgan fingerprint density at radius 2 is 1.47 bits per heavy atom. The van der Waals surface area contributed by atoms with Crippen LogP contribution in [0.4, 0.5) is 17.6 Å². The van der Waals surface area contributed by atoms with Crippen molar-refractivity contribution in [1.82, 2.24) is 0 Å². The monoisotopic (exact) mass is 424 g/mol. The highest BCUT2D eigenvalue weighted by molar-refractivity contribution is 5.66. The molecule has 0 amide bonds. The highest BCUT2D eigenvalue weighted by Crippen LogP contribution is 2.40. The fraction of sp³-hybridized carbons (Fsp3) is 0.478. The molecule has 2 aromatic carbocycles. The SMILES string of the molecule is Fc1cc(C2CCC(C3OCCCO3)CC2)cc(F)c1-c1ccc(OC(F)F)cc1. The molecule has 1 aliphatic heterocycles. The summed E-state index contributed by atoms with van der Waals surface area (Å²) in [6.45, 7) is -1.51. The Kier molecular flexibility index (Phi) is 6.58. The van der Waals surface area contributed by atoms with Crippen LogP contribution in [0.15, 0.2) is 36.4 Å². The van der Waals surface area contributed by atoms with Crippen LogP contribution < -0.4 is 4.74 Å². The van der Waals surface area contributed by atoms with Crippen molar-refractivity contribution >= 4 is 0 Å². The van der Waals surface area contributed by atoms with Gasteiger partial charge in [-0.15, -0.1) is 0 Å². The Morgan fingerprint density at radius 3 is 2.03 bits per heavy atom. The molecule has 2 aliphatic rings. The molecule has 0 radical (unpaired) electrons. The van der Waals surface area contributed by atoms with Crippen molar-refractivity contribution in [2.24, 2.45) is 5.92 Å². The summed E-state index contributed by atoms with van der Waals surface area (Å²) in [5.41, 5.74) is 0.754. The molecule has 1 saturated heterocycles. The van der Waals surface area contributed by atoms with E-state index >= 15 is 0 Å². The third kappa shape index (κ3) is 4.78. The summed E-state index contributed by atoms with van der Waals surface area (Å²) in [6, 6.07) is 8.06. The maximum atomic E-state index is 14.8. The van der Waals surface area contributed by atoms with Gasteiger partial charge in [-0.05, 0) is 73.4 Å². The van der Waals surface area contributed by atoms with Crippen molar-refractivity contribution in [3.8, 4) is 16.9 Å². The fourth-order valence-corrected chi connectivity index (χ4v) is 4.41. The lowest BCUT2D eigenvalue weighted by molar-refractivity contribution is -0.209. The van der Waals surface area contributed by atoms with Crippen molar-refractivity contribution in [1.29, 1.82) is 0 Å². The number of rotatable bonds is 5. The smallest absolute Gasteiger partial charge is 0.387 e. The van der Waals surface area contributed by atoms with Crippen LogP contribution in [-0.4, -0.2) is 26.1 Å². The first-order valence-corrected chi connectivity index (χ1v) is 10.3. The number of hydrogen-bond acceptors (Lipinski definition) is 3. The van der Waals surface area contributed by atoms with Gasteiger partial charge in [-0.25, -0.2) is 8.78 Å². The van der Waals surface area contributed by atoms with Crippen molar-refractivity contribution in [3.63, 3.8) is 0 Å². The third-order valence-corrected chi connectivity index (χ3v) is 5.91. The molecule has 0 unspecified atom stereocenters. The molecule has 1 aliphatic carbocycles. The predicted molar refractivity (Wildman–Crippen MR) is 103 cm³/mol. The average Bonchev–Trinajstić information content (AvgIpc) is 2.75. The van der Waals surface area contributed by atoms with E-state index in [4.69, 9.17) is 9.47 Å². The van der Waals surface area contributed by atoms with Gasteiger partial charge >= 0.3 is 6.61 Å². The standard InChI is InChI=1S/C23H24F4O3/c24-19-12-17(14-2-4-16(5-3-14)22-28-10-1-11-29-22)13-20(25)21(19)15-6-8-18(9-7-15)30-23(26)27/h6-9,12-14,16,22-23H,1-5,10-11H2. The van der Waals surface area contributed by atoms with Gasteiger partial charge in [0.05, 0.1) is 18.8 Å². The zero-order valence-electron chi connectivity index (χ0n) is 16.5. The Hall–Kier alpha value is -2.12. The summed E-state index contributed by atoms with van der Waals surface area (Å²) in [5.74, 6) is -0.967. The second-order valence-corrected chi connectivity index (χ2v) is 7.84. The molecule has 0 N–H and O–H groups in total.